The lowest BCUT2D eigenvalue weighted by atomic mass is 9.48. The molecular weight excluding hydrogens is 576 g/mol. The highest BCUT2D eigenvalue weighted by Gasteiger charge is 2.74. The van der Waals surface area contributed by atoms with E-state index in [1.54, 1.807) is 30.3 Å². The highest BCUT2D eigenvalue weighted by molar-refractivity contribution is 6.21. The number of carbonyl (C=O) groups excluding carboxylic acids is 2. The summed E-state index contributed by atoms with van der Waals surface area (Å²) in [7, 11) is 0. The van der Waals surface area contributed by atoms with Gasteiger partial charge in [0.25, 0.3) is 11.8 Å². The van der Waals surface area contributed by atoms with E-state index in [2.05, 4.69) is 11.5 Å². The average Bonchev–Trinajstić information content (AvgIpc) is 3.48. The molecule has 1 spiro atoms. The number of benzene rings is 2. The molecular formula is C31H32N2O11. The number of hydrogen-bond donors (Lipinski definition) is 6. The molecule has 44 heavy (non-hydrogen) atoms. The Morgan fingerprint density at radius 1 is 1.02 bits per heavy atom. The third kappa shape index (κ3) is 3.93. The molecule has 3 aliphatic heterocycles. The van der Waals surface area contributed by atoms with Gasteiger partial charge in [-0.25, -0.2) is 9.59 Å². The van der Waals surface area contributed by atoms with Crippen molar-refractivity contribution in [3.63, 3.8) is 0 Å². The van der Waals surface area contributed by atoms with Gasteiger partial charge in [-0.1, -0.05) is 24.3 Å². The summed E-state index contributed by atoms with van der Waals surface area (Å²) in [5, 5.41) is 55.7. The Morgan fingerprint density at radius 2 is 1.64 bits per heavy atom. The minimum atomic E-state index is -2.27. The van der Waals surface area contributed by atoms with Crippen molar-refractivity contribution in [2.75, 3.05) is 13.1 Å². The molecule has 0 radical (unpaired) electrons. The number of aliphatic carboxylic acids is 2. The number of phenolic OH excluding ortho intramolecular Hbond substituents is 1. The molecule has 0 aromatic heterocycles. The van der Waals surface area contributed by atoms with Crippen molar-refractivity contribution in [2.45, 2.75) is 67.1 Å². The number of hydrogen-bond acceptors (Lipinski definition) is 10. The zero-order chi connectivity index (χ0) is 31.7. The number of imide groups is 1. The summed E-state index contributed by atoms with van der Waals surface area (Å²) in [6.45, 7) is 5.32. The fourth-order valence-corrected chi connectivity index (χ4v) is 8.03. The van der Waals surface area contributed by atoms with Crippen LogP contribution in [0.2, 0.25) is 0 Å². The van der Waals surface area contributed by atoms with Crippen LogP contribution in [0.1, 0.15) is 51.1 Å². The summed E-state index contributed by atoms with van der Waals surface area (Å²) >= 11 is 0. The second kappa shape index (κ2) is 10.4. The van der Waals surface area contributed by atoms with Gasteiger partial charge in [-0.15, -0.1) is 6.58 Å². The maximum absolute atomic E-state index is 13.4. The second-order valence-electron chi connectivity index (χ2n) is 11.8. The number of nitrogens with zero attached hydrogens (tertiary/aromatic N) is 2. The van der Waals surface area contributed by atoms with Crippen molar-refractivity contribution in [3.05, 3.63) is 71.3 Å². The Balaban J connectivity index is 0.000000299. The molecule has 2 fully saturated rings. The van der Waals surface area contributed by atoms with E-state index in [0.717, 1.165) is 17.7 Å². The lowest BCUT2D eigenvalue weighted by Gasteiger charge is -2.64. The van der Waals surface area contributed by atoms with Gasteiger partial charge in [0, 0.05) is 18.2 Å². The van der Waals surface area contributed by atoms with Gasteiger partial charge < -0.3 is 35.4 Å². The van der Waals surface area contributed by atoms with E-state index >= 15 is 0 Å². The van der Waals surface area contributed by atoms with Crippen molar-refractivity contribution in [2.24, 2.45) is 0 Å². The molecule has 2 bridgehead atoms. The quantitative estimate of drug-likeness (QED) is 0.193. The summed E-state index contributed by atoms with van der Waals surface area (Å²) < 4.78 is 6.50. The van der Waals surface area contributed by atoms with Crippen LogP contribution in [0.15, 0.2) is 49.1 Å². The Labute approximate surface area is 251 Å². The number of amides is 2. The zero-order valence-corrected chi connectivity index (χ0v) is 23.5. The summed E-state index contributed by atoms with van der Waals surface area (Å²) in [4.78, 5) is 50.0. The molecule has 7 rings (SSSR count). The maximum atomic E-state index is 13.4. The number of aliphatic hydroxyl groups excluding tert-OH is 2. The van der Waals surface area contributed by atoms with Crippen molar-refractivity contribution in [1.29, 1.82) is 0 Å². The van der Waals surface area contributed by atoms with Gasteiger partial charge in [-0.05, 0) is 56.0 Å². The number of carboxylic acids is 2. The smallest absolute Gasteiger partial charge is 0.335 e. The maximum Gasteiger partial charge on any atom is 0.335 e. The van der Waals surface area contributed by atoms with E-state index in [1.165, 1.54) is 4.90 Å². The number of aromatic hydroxyl groups is 1. The van der Waals surface area contributed by atoms with Crippen LogP contribution in [-0.2, 0) is 21.4 Å². The van der Waals surface area contributed by atoms with E-state index in [4.69, 9.17) is 25.2 Å². The first-order valence-electron chi connectivity index (χ1n) is 14.3. The summed E-state index contributed by atoms with van der Waals surface area (Å²) in [6, 6.07) is 9.82. The molecule has 1 saturated heterocycles. The van der Waals surface area contributed by atoms with Gasteiger partial charge in [0.2, 0.25) is 0 Å². The number of carboxylic acid groups (broad SMARTS) is 2. The molecule has 5 aliphatic rings. The van der Waals surface area contributed by atoms with Crippen molar-refractivity contribution in [3.8, 4) is 11.5 Å². The SMILES string of the molecule is C=CCN1CC[C@]23c4c5ccc(O)c4O[C@H]2[C@@H](N2C(=O)c4ccccc4C2=O)CCC3(O)[C@H]1C5.O=C(O)C(O)C(O)C(=O)O. The lowest BCUT2D eigenvalue weighted by Crippen LogP contribution is -2.78. The molecule has 7 atom stereocenters. The number of carbonyl (C=O) groups is 4. The Bertz CT molecular complexity index is 1540. The first-order valence-corrected chi connectivity index (χ1v) is 14.3. The molecule has 2 aliphatic carbocycles. The molecule has 1 saturated carbocycles. The van der Waals surface area contributed by atoms with E-state index in [-0.39, 0.29) is 23.6 Å². The van der Waals surface area contributed by atoms with Crippen LogP contribution in [0.3, 0.4) is 0 Å². The molecule has 13 nitrogen and oxygen atoms in total. The van der Waals surface area contributed by atoms with E-state index in [1.807, 2.05) is 12.1 Å². The monoisotopic (exact) mass is 608 g/mol. The van der Waals surface area contributed by atoms with Gasteiger partial charge >= 0.3 is 11.9 Å². The number of ether oxygens (including phenoxy) is 1. The third-order valence-electron chi connectivity index (χ3n) is 9.87. The molecule has 6 N–H and O–H groups in total. The van der Waals surface area contributed by atoms with Crippen LogP contribution in [0.5, 0.6) is 11.5 Å². The minimum Gasteiger partial charge on any atom is -0.504 e. The molecule has 3 heterocycles. The van der Waals surface area contributed by atoms with E-state index < -0.39 is 47.3 Å². The van der Waals surface area contributed by atoms with E-state index in [0.29, 0.717) is 49.1 Å². The largest absolute Gasteiger partial charge is 0.504 e. The standard InChI is InChI=1S/C27H26N2O5.C4H6O6/c1-2-12-28-13-11-26-21-15-7-8-19(30)22(21)34-23(26)18(9-10-27(26,33)20(28)14-15)29-24(31)16-5-3-4-6-17(16)25(29)32;5-1(3(7)8)2(6)4(9)10/h2-8,18,20,23,30,33H,1,9-14H2;1-2,5-6H,(H,7,8)(H,9,10)/t18-,20+,23-,26-,27?;/m0./s1. The highest BCUT2D eigenvalue weighted by atomic mass is 16.5. The Hall–Kier alpha value is -4.30. The fraction of sp³-hybridized carbons (Fsp3) is 0.419. The number of rotatable bonds is 6. The van der Waals surface area contributed by atoms with Crippen molar-refractivity contribution in [1.82, 2.24) is 9.80 Å². The average molecular weight is 609 g/mol. The predicted octanol–water partition coefficient (Wildman–Crippen LogP) is 0.275. The van der Waals surface area contributed by atoms with Crippen LogP contribution in [-0.4, -0.2) is 113 Å². The molecule has 3 unspecified atom stereocenters. The molecule has 2 amide bonds. The molecule has 232 valence electrons. The number of piperidine rings is 1. The number of phenols is 1. The number of aliphatic hydroxyl groups is 3. The third-order valence-corrected chi connectivity index (χ3v) is 9.87. The normalized spacial score (nSPS) is 30.7. The first-order chi connectivity index (χ1) is 20.9. The fourth-order valence-electron chi connectivity index (χ4n) is 8.03. The molecule has 2 aromatic carbocycles. The summed E-state index contributed by atoms with van der Waals surface area (Å²) in [5.41, 5.74) is 0.854. The van der Waals surface area contributed by atoms with Crippen LogP contribution < -0.4 is 4.74 Å². The lowest BCUT2D eigenvalue weighted by molar-refractivity contribution is -0.194. The Morgan fingerprint density at radius 3 is 2.20 bits per heavy atom. The van der Waals surface area contributed by atoms with Gasteiger partial charge in [0.05, 0.1) is 28.2 Å². The highest BCUT2D eigenvalue weighted by Crippen LogP contribution is 2.66. The summed E-state index contributed by atoms with van der Waals surface area (Å²) in [5.74, 6) is -3.72. The van der Waals surface area contributed by atoms with Crippen molar-refractivity contribution < 1.29 is 54.6 Å². The van der Waals surface area contributed by atoms with Crippen LogP contribution in [0.4, 0.5) is 0 Å². The van der Waals surface area contributed by atoms with Crippen LogP contribution in [0.25, 0.3) is 0 Å². The van der Waals surface area contributed by atoms with Crippen LogP contribution in [0, 0.1) is 0 Å². The Kier molecular flexibility index (Phi) is 7.04. The van der Waals surface area contributed by atoms with Gasteiger partial charge in [-0.2, -0.15) is 0 Å². The predicted molar refractivity (Wildman–Crippen MR) is 150 cm³/mol. The van der Waals surface area contributed by atoms with Crippen LogP contribution >= 0.6 is 0 Å². The van der Waals surface area contributed by atoms with Gasteiger partial charge in [-0.3, -0.25) is 19.4 Å². The first kappa shape index (κ1) is 29.8. The molecule has 13 heteroatoms. The minimum absolute atomic E-state index is 0.0398. The van der Waals surface area contributed by atoms with Crippen molar-refractivity contribution >= 4 is 23.8 Å². The van der Waals surface area contributed by atoms with Gasteiger partial charge in [0.15, 0.2) is 23.7 Å². The summed E-state index contributed by atoms with van der Waals surface area (Å²) in [6.07, 6.45) is -1.13. The number of fused-ring (bicyclic) bond motifs is 1. The molecule has 2 aromatic rings. The zero-order valence-electron chi connectivity index (χ0n) is 23.5. The number of likely N-dealkylation sites (tertiary alicyclic amines) is 1. The second-order valence-corrected chi connectivity index (χ2v) is 11.8. The van der Waals surface area contributed by atoms with Gasteiger partial charge in [0.1, 0.15) is 6.10 Å². The topological polar surface area (TPSA) is 205 Å². The van der Waals surface area contributed by atoms with E-state index in [9.17, 15) is 29.4 Å².